The number of hydrogen-bond acceptors (Lipinski definition) is 3. The maximum absolute atomic E-state index is 6.22. The highest BCUT2D eigenvalue weighted by Gasteiger charge is 2.48. The molecular formula is C14H18Cl2N2O. The van der Waals surface area contributed by atoms with E-state index < -0.39 is 0 Å². The van der Waals surface area contributed by atoms with Crippen LogP contribution in [0.2, 0.25) is 5.15 Å². The molecule has 2 unspecified atom stereocenters. The molecular weight excluding hydrogens is 283 g/mol. The average molecular weight is 301 g/mol. The minimum atomic E-state index is 0. The Hall–Kier alpha value is -0.510. The molecule has 0 N–H and O–H groups in total. The Labute approximate surface area is 124 Å². The molecule has 3 saturated heterocycles. The van der Waals surface area contributed by atoms with Crippen LogP contribution < -0.4 is 4.74 Å². The predicted molar refractivity (Wildman–Crippen MR) is 77.1 cm³/mol. The van der Waals surface area contributed by atoms with Crippen LogP contribution in [0.4, 0.5) is 0 Å². The molecule has 1 saturated carbocycles. The lowest BCUT2D eigenvalue weighted by Crippen LogP contribution is -2.61. The third-order valence-corrected chi connectivity index (χ3v) is 4.88. The predicted octanol–water partition coefficient (Wildman–Crippen LogP) is 2.88. The summed E-state index contributed by atoms with van der Waals surface area (Å²) in [6.45, 7) is 3.76. The first-order valence-corrected chi connectivity index (χ1v) is 7.16. The van der Waals surface area contributed by atoms with Crippen molar-refractivity contribution in [3.63, 3.8) is 0 Å². The van der Waals surface area contributed by atoms with Gasteiger partial charge in [-0.05, 0) is 24.8 Å². The maximum atomic E-state index is 6.22. The number of nitrogens with zero attached hydrogens (tertiary/aromatic N) is 2. The van der Waals surface area contributed by atoms with Crippen molar-refractivity contribution in [2.24, 2.45) is 17.8 Å². The van der Waals surface area contributed by atoms with Crippen LogP contribution in [0, 0.1) is 17.8 Å². The molecule has 104 valence electrons. The fourth-order valence-electron chi connectivity index (χ4n) is 4.17. The second kappa shape index (κ2) is 5.12. The second-order valence-corrected chi connectivity index (χ2v) is 6.36. The van der Waals surface area contributed by atoms with Gasteiger partial charge < -0.3 is 9.64 Å². The van der Waals surface area contributed by atoms with Crippen molar-refractivity contribution in [2.75, 3.05) is 19.6 Å². The van der Waals surface area contributed by atoms with E-state index in [1.54, 1.807) is 6.20 Å². The Morgan fingerprint density at radius 2 is 1.95 bits per heavy atom. The number of aromatic nitrogens is 1. The molecule has 0 radical (unpaired) electrons. The standard InChI is InChI=1S/C14H17ClN2O.ClH/c15-13-5-12(1-2-16-13)18-14-10-3-9-4-11(14)8-17(6-9)7-10;/h1-2,5,9-11,14H,3-4,6-8H2;1H. The van der Waals surface area contributed by atoms with E-state index >= 15 is 0 Å². The Morgan fingerprint density at radius 3 is 2.58 bits per heavy atom. The molecule has 5 heteroatoms. The zero-order valence-electron chi connectivity index (χ0n) is 10.7. The summed E-state index contributed by atoms with van der Waals surface area (Å²) >= 11 is 5.91. The van der Waals surface area contributed by atoms with Crippen LogP contribution in [-0.4, -0.2) is 35.6 Å². The normalized spacial score (nSPS) is 38.9. The molecule has 4 fully saturated rings. The number of pyridine rings is 1. The molecule has 3 aliphatic heterocycles. The van der Waals surface area contributed by atoms with Gasteiger partial charge in [-0.3, -0.25) is 0 Å². The van der Waals surface area contributed by atoms with Crippen LogP contribution in [0.3, 0.4) is 0 Å². The smallest absolute Gasteiger partial charge is 0.132 e. The molecule has 0 spiro atoms. The molecule has 1 aromatic rings. The topological polar surface area (TPSA) is 25.4 Å². The van der Waals surface area contributed by atoms with Gasteiger partial charge in [0.1, 0.15) is 17.0 Å². The lowest BCUT2D eigenvalue weighted by molar-refractivity contribution is -0.0984. The molecule has 1 aromatic heterocycles. The SMILES string of the molecule is Cl.Clc1cc(OC2C3CC4CC2CN(C4)C3)ccn1. The van der Waals surface area contributed by atoms with Crippen molar-refractivity contribution in [2.45, 2.75) is 18.9 Å². The summed E-state index contributed by atoms with van der Waals surface area (Å²) in [4.78, 5) is 6.62. The quantitative estimate of drug-likeness (QED) is 0.785. The first-order chi connectivity index (χ1) is 8.78. The van der Waals surface area contributed by atoms with E-state index in [1.165, 1.54) is 32.5 Å². The zero-order chi connectivity index (χ0) is 12.1. The summed E-state index contributed by atoms with van der Waals surface area (Å²) in [6.07, 6.45) is 4.79. The van der Waals surface area contributed by atoms with E-state index in [1.807, 2.05) is 12.1 Å². The molecule has 4 bridgehead atoms. The molecule has 4 heterocycles. The summed E-state index contributed by atoms with van der Waals surface area (Å²) in [6, 6.07) is 3.74. The van der Waals surface area contributed by atoms with Gasteiger partial charge in [-0.15, -0.1) is 12.4 Å². The zero-order valence-corrected chi connectivity index (χ0v) is 12.2. The summed E-state index contributed by atoms with van der Waals surface area (Å²) in [5.41, 5.74) is 0. The van der Waals surface area contributed by atoms with Crippen LogP contribution in [0.15, 0.2) is 18.3 Å². The van der Waals surface area contributed by atoms with Crippen LogP contribution in [0.5, 0.6) is 5.75 Å². The molecule has 19 heavy (non-hydrogen) atoms. The molecule has 3 nitrogen and oxygen atoms in total. The Bertz CT molecular complexity index is 441. The third kappa shape index (κ3) is 2.44. The highest BCUT2D eigenvalue weighted by Crippen LogP contribution is 2.44. The summed E-state index contributed by atoms with van der Waals surface area (Å²) in [5, 5.41) is 0.514. The average Bonchev–Trinajstić information content (AvgIpc) is 2.33. The minimum absolute atomic E-state index is 0. The van der Waals surface area contributed by atoms with Gasteiger partial charge in [0.25, 0.3) is 0 Å². The van der Waals surface area contributed by atoms with E-state index in [2.05, 4.69) is 9.88 Å². The van der Waals surface area contributed by atoms with Crippen molar-refractivity contribution in [1.29, 1.82) is 0 Å². The van der Waals surface area contributed by atoms with Crippen molar-refractivity contribution < 1.29 is 4.74 Å². The second-order valence-electron chi connectivity index (χ2n) is 5.97. The van der Waals surface area contributed by atoms with Gasteiger partial charge in [-0.1, -0.05) is 11.6 Å². The molecule has 5 rings (SSSR count). The maximum Gasteiger partial charge on any atom is 0.132 e. The van der Waals surface area contributed by atoms with Gasteiger partial charge in [0.2, 0.25) is 0 Å². The Balaban J connectivity index is 0.00000110. The summed E-state index contributed by atoms with van der Waals surface area (Å²) < 4.78 is 6.22. The Kier molecular flexibility index (Phi) is 3.63. The van der Waals surface area contributed by atoms with Gasteiger partial charge in [-0.2, -0.15) is 0 Å². The largest absolute Gasteiger partial charge is 0.490 e. The van der Waals surface area contributed by atoms with Crippen molar-refractivity contribution >= 4 is 24.0 Å². The first kappa shape index (κ1) is 13.5. The van der Waals surface area contributed by atoms with Crippen molar-refractivity contribution in [3.05, 3.63) is 23.5 Å². The number of ether oxygens (including phenoxy) is 1. The summed E-state index contributed by atoms with van der Waals surface area (Å²) in [7, 11) is 0. The number of hydrogen-bond donors (Lipinski definition) is 0. The lowest BCUT2D eigenvalue weighted by Gasteiger charge is -2.55. The summed E-state index contributed by atoms with van der Waals surface area (Å²) in [5.74, 6) is 3.22. The van der Waals surface area contributed by atoms with E-state index in [4.69, 9.17) is 16.3 Å². The molecule has 4 aliphatic rings. The third-order valence-electron chi connectivity index (χ3n) is 4.67. The van der Waals surface area contributed by atoms with Crippen molar-refractivity contribution in [1.82, 2.24) is 9.88 Å². The number of piperidine rings is 3. The van der Waals surface area contributed by atoms with Crippen molar-refractivity contribution in [3.8, 4) is 5.75 Å². The van der Waals surface area contributed by atoms with Crippen LogP contribution in [0.25, 0.3) is 0 Å². The van der Waals surface area contributed by atoms with Crippen LogP contribution >= 0.6 is 24.0 Å². The molecule has 1 aliphatic carbocycles. The number of halogens is 2. The van der Waals surface area contributed by atoms with E-state index in [-0.39, 0.29) is 12.4 Å². The van der Waals surface area contributed by atoms with Gasteiger partial charge in [-0.25, -0.2) is 4.98 Å². The van der Waals surface area contributed by atoms with Gasteiger partial charge in [0.05, 0.1) is 0 Å². The monoisotopic (exact) mass is 300 g/mol. The van der Waals surface area contributed by atoms with Gasteiger partial charge in [0.15, 0.2) is 0 Å². The fraction of sp³-hybridized carbons (Fsp3) is 0.643. The van der Waals surface area contributed by atoms with Gasteiger partial charge in [0, 0.05) is 43.7 Å². The highest BCUT2D eigenvalue weighted by molar-refractivity contribution is 6.29. The van der Waals surface area contributed by atoms with E-state index in [0.717, 1.165) is 11.7 Å². The van der Waals surface area contributed by atoms with Crippen LogP contribution in [0.1, 0.15) is 12.8 Å². The molecule has 0 aromatic carbocycles. The lowest BCUT2D eigenvalue weighted by atomic mass is 9.66. The Morgan fingerprint density at radius 1 is 1.21 bits per heavy atom. The minimum Gasteiger partial charge on any atom is -0.490 e. The van der Waals surface area contributed by atoms with Gasteiger partial charge >= 0.3 is 0 Å². The molecule has 0 amide bonds. The first-order valence-electron chi connectivity index (χ1n) is 6.78. The fourth-order valence-corrected chi connectivity index (χ4v) is 4.34. The molecule has 2 atom stereocenters. The number of rotatable bonds is 2. The van der Waals surface area contributed by atoms with Crippen LogP contribution in [-0.2, 0) is 0 Å². The van der Waals surface area contributed by atoms with E-state index in [0.29, 0.717) is 23.1 Å². The highest BCUT2D eigenvalue weighted by atomic mass is 35.5. The van der Waals surface area contributed by atoms with E-state index in [9.17, 15) is 0 Å².